The van der Waals surface area contributed by atoms with E-state index in [1.807, 2.05) is 0 Å². The Bertz CT molecular complexity index is 1040. The molecular weight excluding hydrogens is 446 g/mol. The number of carbonyl (C=O) groups is 3. The van der Waals surface area contributed by atoms with E-state index in [9.17, 15) is 24.5 Å². The van der Waals surface area contributed by atoms with Crippen LogP contribution < -0.4 is 0 Å². The molecule has 182 valence electrons. The monoisotopic (exact) mass is 473 g/mol. The van der Waals surface area contributed by atoms with E-state index in [1.165, 1.54) is 23.1 Å². The summed E-state index contributed by atoms with van der Waals surface area (Å²) in [5, 5.41) is 11.4. The molecule has 0 N–H and O–H groups in total. The van der Waals surface area contributed by atoms with Crippen molar-refractivity contribution in [2.75, 3.05) is 39.5 Å². The fourth-order valence-electron chi connectivity index (χ4n) is 4.10. The smallest absolute Gasteiger partial charge is 0.337 e. The molecule has 1 aromatic carbocycles. The molecule has 0 saturated carbocycles. The number of aliphatic imine (C=N–C) groups is 1. The molecule has 1 saturated heterocycles. The molecule has 1 amide bonds. The lowest BCUT2D eigenvalue weighted by molar-refractivity contribution is -0.384. The summed E-state index contributed by atoms with van der Waals surface area (Å²) in [6.07, 6.45) is 0. The first-order chi connectivity index (χ1) is 16.3. The Morgan fingerprint density at radius 2 is 1.85 bits per heavy atom. The fourth-order valence-corrected chi connectivity index (χ4v) is 4.10. The largest absolute Gasteiger partial charge is 0.465 e. The Kier molecular flexibility index (Phi) is 8.11. The summed E-state index contributed by atoms with van der Waals surface area (Å²) < 4.78 is 15.8. The van der Waals surface area contributed by atoms with Gasteiger partial charge >= 0.3 is 11.9 Å². The molecule has 11 heteroatoms. The molecule has 1 fully saturated rings. The number of morpholine rings is 1. The minimum Gasteiger partial charge on any atom is -0.465 e. The zero-order valence-electron chi connectivity index (χ0n) is 19.3. The number of rotatable bonds is 7. The summed E-state index contributed by atoms with van der Waals surface area (Å²) in [5.74, 6) is -4.09. The van der Waals surface area contributed by atoms with Crippen LogP contribution in [-0.4, -0.2) is 72.9 Å². The van der Waals surface area contributed by atoms with Gasteiger partial charge in [0.1, 0.15) is 11.6 Å². The van der Waals surface area contributed by atoms with Crippen LogP contribution in [0.4, 0.5) is 5.69 Å². The van der Waals surface area contributed by atoms with Crippen molar-refractivity contribution in [2.45, 2.75) is 26.7 Å². The van der Waals surface area contributed by atoms with Crippen LogP contribution >= 0.6 is 0 Å². The number of nitro groups is 1. The van der Waals surface area contributed by atoms with Gasteiger partial charge < -0.3 is 19.1 Å². The van der Waals surface area contributed by atoms with Gasteiger partial charge in [0, 0.05) is 36.9 Å². The molecule has 2 heterocycles. The third-order valence-electron chi connectivity index (χ3n) is 5.61. The highest BCUT2D eigenvalue weighted by Crippen LogP contribution is 2.41. The maximum absolute atomic E-state index is 13.4. The average Bonchev–Trinajstić information content (AvgIpc) is 2.83. The van der Waals surface area contributed by atoms with Crippen LogP contribution in [0.2, 0.25) is 0 Å². The minimum absolute atomic E-state index is 0.0236. The average molecular weight is 473 g/mol. The standard InChI is InChI=1S/C23H27N3O8/c1-4-33-22(28)17-14(3)24-20(21(27)25-9-11-32-12-10-25)19(23(29)34-5-2)18(17)15-7-6-8-16(13-15)26(30)31/h6-8,13,17-18H,4-5,9-12H2,1-3H3. The van der Waals surface area contributed by atoms with Gasteiger partial charge in [0.2, 0.25) is 0 Å². The Hall–Kier alpha value is -3.60. The van der Waals surface area contributed by atoms with Crippen molar-refractivity contribution in [3.63, 3.8) is 0 Å². The second-order valence-corrected chi connectivity index (χ2v) is 7.70. The normalized spacial score (nSPS) is 20.4. The third kappa shape index (κ3) is 5.14. The van der Waals surface area contributed by atoms with Crippen molar-refractivity contribution in [1.29, 1.82) is 0 Å². The minimum atomic E-state index is -1.07. The Labute approximate surface area is 196 Å². The van der Waals surface area contributed by atoms with Crippen molar-refractivity contribution in [1.82, 2.24) is 4.90 Å². The van der Waals surface area contributed by atoms with Crippen molar-refractivity contribution in [3.05, 3.63) is 51.2 Å². The van der Waals surface area contributed by atoms with Crippen molar-refractivity contribution >= 4 is 29.2 Å². The van der Waals surface area contributed by atoms with Gasteiger partial charge in [-0.05, 0) is 26.3 Å². The molecule has 0 bridgehead atoms. The second-order valence-electron chi connectivity index (χ2n) is 7.70. The van der Waals surface area contributed by atoms with E-state index in [1.54, 1.807) is 26.8 Å². The van der Waals surface area contributed by atoms with E-state index in [-0.39, 0.29) is 35.9 Å². The molecule has 0 aromatic heterocycles. The molecule has 1 aromatic rings. The summed E-state index contributed by atoms with van der Waals surface area (Å²) in [7, 11) is 0. The number of amides is 1. The molecule has 3 rings (SSSR count). The van der Waals surface area contributed by atoms with E-state index < -0.39 is 34.6 Å². The molecule has 0 spiro atoms. The Morgan fingerprint density at radius 1 is 1.18 bits per heavy atom. The maximum atomic E-state index is 13.4. The van der Waals surface area contributed by atoms with Gasteiger partial charge in [-0.1, -0.05) is 12.1 Å². The Balaban J connectivity index is 2.24. The molecule has 2 unspecified atom stereocenters. The van der Waals surface area contributed by atoms with E-state index in [2.05, 4.69) is 4.99 Å². The molecule has 34 heavy (non-hydrogen) atoms. The number of esters is 2. The van der Waals surface area contributed by atoms with Crippen LogP contribution in [0, 0.1) is 16.0 Å². The topological polar surface area (TPSA) is 138 Å². The number of hydrogen-bond donors (Lipinski definition) is 0. The zero-order valence-corrected chi connectivity index (χ0v) is 19.3. The molecule has 2 atom stereocenters. The molecule has 0 aliphatic carbocycles. The number of ether oxygens (including phenoxy) is 3. The first-order valence-electron chi connectivity index (χ1n) is 11.0. The van der Waals surface area contributed by atoms with E-state index in [0.717, 1.165) is 0 Å². The summed E-state index contributed by atoms with van der Waals surface area (Å²) in [6, 6.07) is 5.62. The Morgan fingerprint density at radius 3 is 2.47 bits per heavy atom. The van der Waals surface area contributed by atoms with Crippen LogP contribution in [0.5, 0.6) is 0 Å². The number of nitro benzene ring substituents is 1. The van der Waals surface area contributed by atoms with Gasteiger partial charge in [0.25, 0.3) is 11.6 Å². The predicted octanol–water partition coefficient (Wildman–Crippen LogP) is 2.01. The highest BCUT2D eigenvalue weighted by molar-refractivity contribution is 6.12. The quantitative estimate of drug-likeness (QED) is 0.333. The summed E-state index contributed by atoms with van der Waals surface area (Å²) in [4.78, 5) is 56.4. The lowest BCUT2D eigenvalue weighted by Gasteiger charge is -2.34. The van der Waals surface area contributed by atoms with E-state index >= 15 is 0 Å². The lowest BCUT2D eigenvalue weighted by Crippen LogP contribution is -2.44. The van der Waals surface area contributed by atoms with Crippen LogP contribution in [0.15, 0.2) is 40.5 Å². The van der Waals surface area contributed by atoms with Crippen molar-refractivity contribution < 1.29 is 33.5 Å². The van der Waals surface area contributed by atoms with Gasteiger partial charge in [-0.15, -0.1) is 0 Å². The molecule has 11 nitrogen and oxygen atoms in total. The fraction of sp³-hybridized carbons (Fsp3) is 0.478. The van der Waals surface area contributed by atoms with Crippen LogP contribution in [-0.2, 0) is 28.6 Å². The summed E-state index contributed by atoms with van der Waals surface area (Å²) in [5.41, 5.74) is 0.0818. The highest BCUT2D eigenvalue weighted by atomic mass is 16.6. The second kappa shape index (κ2) is 11.0. The predicted molar refractivity (Wildman–Crippen MR) is 120 cm³/mol. The van der Waals surface area contributed by atoms with Crippen molar-refractivity contribution in [2.24, 2.45) is 10.9 Å². The number of non-ortho nitro benzene ring substituents is 1. The van der Waals surface area contributed by atoms with Crippen LogP contribution in [0.1, 0.15) is 32.3 Å². The van der Waals surface area contributed by atoms with Gasteiger partial charge in [0.15, 0.2) is 0 Å². The number of carbonyl (C=O) groups excluding carboxylic acids is 3. The summed E-state index contributed by atoms with van der Waals surface area (Å²) >= 11 is 0. The lowest BCUT2D eigenvalue weighted by atomic mass is 9.75. The van der Waals surface area contributed by atoms with Gasteiger partial charge in [-0.2, -0.15) is 0 Å². The SMILES string of the molecule is CCOC(=O)C1=C(C(=O)N2CCOCC2)N=C(C)C(C(=O)OCC)C1c1cccc([N+](=O)[O-])c1. The van der Waals surface area contributed by atoms with Gasteiger partial charge in [-0.3, -0.25) is 24.7 Å². The van der Waals surface area contributed by atoms with Crippen LogP contribution in [0.25, 0.3) is 0 Å². The third-order valence-corrected chi connectivity index (χ3v) is 5.61. The number of benzene rings is 1. The molecule has 2 aliphatic rings. The van der Waals surface area contributed by atoms with Gasteiger partial charge in [-0.25, -0.2) is 4.79 Å². The number of hydrogen-bond acceptors (Lipinski definition) is 9. The maximum Gasteiger partial charge on any atom is 0.337 e. The first kappa shape index (κ1) is 25.0. The molecule has 0 radical (unpaired) electrons. The highest BCUT2D eigenvalue weighted by Gasteiger charge is 2.45. The summed E-state index contributed by atoms with van der Waals surface area (Å²) in [6.45, 7) is 6.26. The van der Waals surface area contributed by atoms with Crippen molar-refractivity contribution in [3.8, 4) is 0 Å². The molecule has 2 aliphatic heterocycles. The van der Waals surface area contributed by atoms with Crippen LogP contribution in [0.3, 0.4) is 0 Å². The zero-order chi connectivity index (χ0) is 24.8. The number of nitrogens with zero attached hydrogens (tertiary/aromatic N) is 3. The van der Waals surface area contributed by atoms with E-state index in [0.29, 0.717) is 31.9 Å². The first-order valence-corrected chi connectivity index (χ1v) is 11.0. The molecular formula is C23H27N3O8. The van der Waals surface area contributed by atoms with Gasteiger partial charge in [0.05, 0.1) is 36.9 Å². The van der Waals surface area contributed by atoms with E-state index in [4.69, 9.17) is 14.2 Å².